The van der Waals surface area contributed by atoms with E-state index in [9.17, 15) is 4.57 Å². The van der Waals surface area contributed by atoms with E-state index in [2.05, 4.69) is 0 Å². The van der Waals surface area contributed by atoms with Gasteiger partial charge in [-0.15, -0.1) is 0 Å². The van der Waals surface area contributed by atoms with Gasteiger partial charge in [-0.25, -0.2) is 18.1 Å². The zero-order valence-electron chi connectivity index (χ0n) is 18.4. The number of rotatable bonds is 6. The Bertz CT molecular complexity index is 1210. The predicted octanol–water partition coefficient (Wildman–Crippen LogP) is 7.24. The van der Waals surface area contributed by atoms with Gasteiger partial charge in [-0.3, -0.25) is 0 Å². The van der Waals surface area contributed by atoms with E-state index in [1.807, 2.05) is 72.8 Å². The molecular formula is C27H21O7P. The van der Waals surface area contributed by atoms with Crippen LogP contribution in [0.5, 0.6) is 0 Å². The van der Waals surface area contributed by atoms with Crippen molar-refractivity contribution in [3.8, 4) is 0 Å². The summed E-state index contributed by atoms with van der Waals surface area (Å²) >= 11 is 0. The van der Waals surface area contributed by atoms with E-state index >= 15 is 0 Å². The molecule has 0 spiro atoms. The van der Waals surface area contributed by atoms with E-state index in [1.165, 1.54) is 18.8 Å². The van der Waals surface area contributed by atoms with Gasteiger partial charge in [0.05, 0.1) is 18.8 Å². The van der Waals surface area contributed by atoms with Gasteiger partial charge in [-0.2, -0.15) is 0 Å². The van der Waals surface area contributed by atoms with E-state index in [1.54, 1.807) is 18.2 Å². The number of hydrogen-bond donors (Lipinski definition) is 0. The van der Waals surface area contributed by atoms with Crippen LogP contribution in [-0.2, 0) is 32.3 Å². The molecule has 35 heavy (non-hydrogen) atoms. The zero-order chi connectivity index (χ0) is 23.7. The molecule has 0 amide bonds. The first-order valence-electron chi connectivity index (χ1n) is 11.1. The van der Waals surface area contributed by atoms with Gasteiger partial charge in [0, 0.05) is 16.7 Å². The smallest absolute Gasteiger partial charge is 0.468 e. The largest absolute Gasteiger partial charge is 0.485 e. The average Bonchev–Trinajstić information content (AvgIpc) is 2.89. The highest BCUT2D eigenvalue weighted by molar-refractivity contribution is 7.48. The summed E-state index contributed by atoms with van der Waals surface area (Å²) in [6, 6.07) is 22.5. The van der Waals surface area contributed by atoms with E-state index < -0.39 is 26.7 Å². The van der Waals surface area contributed by atoms with Crippen LogP contribution < -0.4 is 0 Å². The Hall–Kier alpha value is -3.61. The molecule has 0 fully saturated rings. The second-order valence-electron chi connectivity index (χ2n) is 7.96. The topological polar surface area (TPSA) is 72.5 Å². The molecule has 3 aromatic rings. The van der Waals surface area contributed by atoms with Gasteiger partial charge in [0.2, 0.25) is 18.9 Å². The molecular weight excluding hydrogens is 467 g/mol. The summed E-state index contributed by atoms with van der Waals surface area (Å²) < 4.78 is 49.2. The van der Waals surface area contributed by atoms with Crippen LogP contribution in [0.25, 0.3) is 18.2 Å². The minimum Gasteiger partial charge on any atom is -0.468 e. The lowest BCUT2D eigenvalue weighted by atomic mass is 10.1. The van der Waals surface area contributed by atoms with Crippen LogP contribution >= 0.6 is 7.82 Å². The molecule has 3 heterocycles. The van der Waals surface area contributed by atoms with Gasteiger partial charge in [0.25, 0.3) is 0 Å². The zero-order valence-corrected chi connectivity index (χ0v) is 19.3. The van der Waals surface area contributed by atoms with Gasteiger partial charge >= 0.3 is 7.82 Å². The Balaban J connectivity index is 1.34. The van der Waals surface area contributed by atoms with Crippen molar-refractivity contribution >= 4 is 26.1 Å². The summed E-state index contributed by atoms with van der Waals surface area (Å²) in [5, 5.41) is 0. The monoisotopic (exact) mass is 488 g/mol. The van der Waals surface area contributed by atoms with Crippen molar-refractivity contribution < 1.29 is 32.3 Å². The highest BCUT2D eigenvalue weighted by Gasteiger charge is 2.42. The molecule has 6 rings (SSSR count). The first-order chi connectivity index (χ1) is 17.2. The molecule has 3 aliphatic rings. The summed E-state index contributed by atoms with van der Waals surface area (Å²) in [6.07, 6.45) is 6.81. The second kappa shape index (κ2) is 9.21. The molecule has 3 aromatic carbocycles. The highest BCUT2D eigenvalue weighted by atomic mass is 31.2. The number of phosphoric ester groups is 1. The van der Waals surface area contributed by atoms with E-state index in [4.69, 9.17) is 27.8 Å². The Morgan fingerprint density at radius 1 is 0.514 bits per heavy atom. The summed E-state index contributed by atoms with van der Waals surface area (Å²) in [7, 11) is -4.37. The number of hydrogen-bond acceptors (Lipinski definition) is 7. The highest BCUT2D eigenvalue weighted by Crippen LogP contribution is 2.60. The quantitative estimate of drug-likeness (QED) is 0.339. The lowest BCUT2D eigenvalue weighted by Crippen LogP contribution is -2.18. The van der Waals surface area contributed by atoms with E-state index in [0.717, 1.165) is 16.7 Å². The molecule has 3 aliphatic heterocycles. The third-order valence-corrected chi connectivity index (χ3v) is 7.12. The Morgan fingerprint density at radius 3 is 1.17 bits per heavy atom. The fraction of sp³-hybridized carbons (Fsp3) is 0.111. The predicted molar refractivity (Wildman–Crippen MR) is 129 cm³/mol. The molecule has 0 aromatic heterocycles. The van der Waals surface area contributed by atoms with Crippen molar-refractivity contribution in [1.82, 2.24) is 0 Å². The molecule has 0 aliphatic carbocycles. The average molecular weight is 488 g/mol. The van der Waals surface area contributed by atoms with E-state index in [-0.39, 0.29) is 0 Å². The van der Waals surface area contributed by atoms with Crippen LogP contribution in [0.1, 0.15) is 52.3 Å². The Labute approximate surface area is 202 Å². The molecule has 0 N–H and O–H groups in total. The molecule has 176 valence electrons. The number of fused-ring (bicyclic) bond motifs is 3. The van der Waals surface area contributed by atoms with Gasteiger partial charge in [0.15, 0.2) is 0 Å². The van der Waals surface area contributed by atoms with Gasteiger partial charge in [0.1, 0.15) is 0 Å². The summed E-state index contributed by atoms with van der Waals surface area (Å²) in [5.41, 5.74) is 4.70. The van der Waals surface area contributed by atoms with E-state index in [0.29, 0.717) is 16.7 Å². The summed E-state index contributed by atoms with van der Waals surface area (Å²) in [4.78, 5) is 0. The maximum absolute atomic E-state index is 14.3. The van der Waals surface area contributed by atoms with Gasteiger partial charge in [-0.05, 0) is 34.9 Å². The van der Waals surface area contributed by atoms with Gasteiger partial charge < -0.3 is 14.2 Å². The van der Waals surface area contributed by atoms with Crippen molar-refractivity contribution in [3.63, 3.8) is 0 Å². The number of ether oxygens (including phenoxy) is 3. The normalized spacial score (nSPS) is 23.0. The maximum Gasteiger partial charge on any atom is 0.485 e. The molecule has 7 nitrogen and oxygen atoms in total. The summed E-state index contributed by atoms with van der Waals surface area (Å²) in [5.74, 6) is 0. The summed E-state index contributed by atoms with van der Waals surface area (Å²) in [6.45, 7) is 0. The lowest BCUT2D eigenvalue weighted by Gasteiger charge is -2.32. The molecule has 3 unspecified atom stereocenters. The van der Waals surface area contributed by atoms with Crippen molar-refractivity contribution in [3.05, 3.63) is 125 Å². The van der Waals surface area contributed by atoms with Crippen molar-refractivity contribution in [2.75, 3.05) is 0 Å². The van der Waals surface area contributed by atoms with Gasteiger partial charge in [-0.1, -0.05) is 72.8 Å². The standard InChI is InChI=1S/C27H21O7P/c28-35(32-25-22-10-4-1-7-19(22)13-16-29-25,33-26-23-11-5-2-8-20(23)14-17-30-26)34-27-24-12-6-3-9-21(24)15-18-31-27/h1-18,25-27H. The third kappa shape index (κ3) is 4.43. The Kier molecular flexibility index (Phi) is 5.76. The number of benzene rings is 3. The molecule has 8 heteroatoms. The first-order valence-corrected chi connectivity index (χ1v) is 12.5. The molecule has 0 saturated carbocycles. The van der Waals surface area contributed by atoms with Crippen molar-refractivity contribution in [2.24, 2.45) is 0 Å². The van der Waals surface area contributed by atoms with Crippen LogP contribution in [-0.4, -0.2) is 0 Å². The number of phosphoric acid groups is 1. The fourth-order valence-corrected chi connectivity index (χ4v) is 5.42. The minimum absolute atomic E-state index is 0.692. The minimum atomic E-state index is -4.37. The van der Waals surface area contributed by atoms with Crippen LogP contribution in [0.3, 0.4) is 0 Å². The van der Waals surface area contributed by atoms with Crippen LogP contribution in [0, 0.1) is 0 Å². The molecule has 3 atom stereocenters. The molecule has 0 bridgehead atoms. The van der Waals surface area contributed by atoms with Crippen molar-refractivity contribution in [1.29, 1.82) is 0 Å². The van der Waals surface area contributed by atoms with Crippen LogP contribution in [0.2, 0.25) is 0 Å². The lowest BCUT2D eigenvalue weighted by molar-refractivity contribution is -0.131. The molecule has 0 radical (unpaired) electrons. The fourth-order valence-electron chi connectivity index (χ4n) is 4.07. The Morgan fingerprint density at radius 2 is 0.829 bits per heavy atom. The van der Waals surface area contributed by atoms with Crippen LogP contribution in [0.4, 0.5) is 0 Å². The second-order valence-corrected chi connectivity index (χ2v) is 9.49. The SMILES string of the molecule is O=P(OC1OC=Cc2ccccc21)(OC1OC=Cc2ccccc21)OC1OC=Cc2ccccc21. The maximum atomic E-state index is 14.3. The van der Waals surface area contributed by atoms with Crippen molar-refractivity contribution in [2.45, 2.75) is 18.9 Å². The molecule has 0 saturated heterocycles. The third-order valence-electron chi connectivity index (χ3n) is 5.77. The van der Waals surface area contributed by atoms with Crippen LogP contribution in [0.15, 0.2) is 91.6 Å². The first kappa shape index (κ1) is 21.9.